The van der Waals surface area contributed by atoms with Crippen molar-refractivity contribution in [2.45, 2.75) is 12.2 Å². The van der Waals surface area contributed by atoms with Gasteiger partial charge < -0.3 is 5.32 Å². The highest BCUT2D eigenvalue weighted by molar-refractivity contribution is 9.10. The molecule has 2 aromatic carbocycles. The number of benzene rings is 2. The number of rotatable bonds is 7. The summed E-state index contributed by atoms with van der Waals surface area (Å²) in [6.07, 6.45) is 0.712. The minimum Gasteiger partial charge on any atom is -0.355 e. The van der Waals surface area contributed by atoms with Crippen molar-refractivity contribution >= 4 is 33.6 Å². The Morgan fingerprint density at radius 2 is 1.68 bits per heavy atom. The molecular formula is C17H17BrFNOS. The van der Waals surface area contributed by atoms with E-state index in [0.717, 1.165) is 15.8 Å². The number of thioether (sulfide) groups is 1. The van der Waals surface area contributed by atoms with Gasteiger partial charge in [0.1, 0.15) is 5.82 Å². The molecule has 0 heterocycles. The standard InChI is InChI=1S/C17H17BrFNOS/c18-15-5-1-14(2-6-15)11-22-12-17(21)20-10-9-13-3-7-16(19)8-4-13/h1-8H,9-12H2,(H,20,21). The molecule has 0 aliphatic heterocycles. The van der Waals surface area contributed by atoms with Crippen molar-refractivity contribution in [3.8, 4) is 0 Å². The quantitative estimate of drug-likeness (QED) is 0.779. The van der Waals surface area contributed by atoms with Gasteiger partial charge in [0.15, 0.2) is 0 Å². The number of carbonyl (C=O) groups is 1. The average molecular weight is 382 g/mol. The summed E-state index contributed by atoms with van der Waals surface area (Å²) in [4.78, 5) is 11.7. The lowest BCUT2D eigenvalue weighted by molar-refractivity contribution is -0.118. The largest absolute Gasteiger partial charge is 0.355 e. The third-order valence-corrected chi connectivity index (χ3v) is 4.60. The molecule has 0 unspecified atom stereocenters. The lowest BCUT2D eigenvalue weighted by Gasteiger charge is -2.06. The van der Waals surface area contributed by atoms with Gasteiger partial charge in [-0.25, -0.2) is 4.39 Å². The number of hydrogen-bond donors (Lipinski definition) is 1. The van der Waals surface area contributed by atoms with Gasteiger partial charge in [0.05, 0.1) is 5.75 Å². The maximum Gasteiger partial charge on any atom is 0.230 e. The zero-order valence-corrected chi connectivity index (χ0v) is 14.4. The lowest BCUT2D eigenvalue weighted by Crippen LogP contribution is -2.27. The van der Waals surface area contributed by atoms with Gasteiger partial charge >= 0.3 is 0 Å². The third-order valence-electron chi connectivity index (χ3n) is 3.06. The van der Waals surface area contributed by atoms with E-state index < -0.39 is 0 Å². The Morgan fingerprint density at radius 1 is 1.05 bits per heavy atom. The first kappa shape index (κ1) is 17.0. The van der Waals surface area contributed by atoms with Gasteiger partial charge in [0.25, 0.3) is 0 Å². The number of hydrogen-bond acceptors (Lipinski definition) is 2. The third kappa shape index (κ3) is 6.20. The van der Waals surface area contributed by atoms with E-state index in [1.54, 1.807) is 23.9 Å². The Balaban J connectivity index is 1.61. The first-order chi connectivity index (χ1) is 10.6. The molecule has 1 N–H and O–H groups in total. The second-order valence-corrected chi connectivity index (χ2v) is 6.75. The summed E-state index contributed by atoms with van der Waals surface area (Å²) in [5.74, 6) is 1.05. The van der Waals surface area contributed by atoms with Crippen LogP contribution in [-0.4, -0.2) is 18.2 Å². The van der Waals surface area contributed by atoms with Crippen LogP contribution >= 0.6 is 27.7 Å². The number of nitrogens with one attached hydrogen (secondary N) is 1. The zero-order valence-electron chi connectivity index (χ0n) is 12.0. The van der Waals surface area contributed by atoms with Gasteiger partial charge in [-0.2, -0.15) is 0 Å². The van der Waals surface area contributed by atoms with Crippen LogP contribution < -0.4 is 5.32 Å². The van der Waals surface area contributed by atoms with Crippen LogP contribution in [0.15, 0.2) is 53.0 Å². The Hall–Kier alpha value is -1.33. The van der Waals surface area contributed by atoms with E-state index in [0.29, 0.717) is 18.7 Å². The van der Waals surface area contributed by atoms with Crippen molar-refractivity contribution in [2.75, 3.05) is 12.3 Å². The molecule has 2 nitrogen and oxygen atoms in total. The van der Waals surface area contributed by atoms with E-state index in [9.17, 15) is 9.18 Å². The number of amides is 1. The van der Waals surface area contributed by atoms with Gasteiger partial charge in [0, 0.05) is 16.8 Å². The van der Waals surface area contributed by atoms with Crippen LogP contribution in [0.2, 0.25) is 0 Å². The summed E-state index contributed by atoms with van der Waals surface area (Å²) in [5.41, 5.74) is 2.22. The van der Waals surface area contributed by atoms with Gasteiger partial charge in [-0.1, -0.05) is 40.2 Å². The molecule has 0 atom stereocenters. The normalized spacial score (nSPS) is 10.5. The molecule has 0 aromatic heterocycles. The molecule has 0 bridgehead atoms. The minimum absolute atomic E-state index is 0.0317. The highest BCUT2D eigenvalue weighted by Gasteiger charge is 2.02. The van der Waals surface area contributed by atoms with Crippen LogP contribution in [0, 0.1) is 5.82 Å². The molecule has 0 saturated carbocycles. The second kappa shape index (κ2) is 8.96. The summed E-state index contributed by atoms with van der Waals surface area (Å²) < 4.78 is 13.8. The van der Waals surface area contributed by atoms with Crippen LogP contribution in [0.5, 0.6) is 0 Å². The van der Waals surface area contributed by atoms with Crippen LogP contribution in [0.3, 0.4) is 0 Å². The summed E-state index contributed by atoms with van der Waals surface area (Å²) in [6.45, 7) is 0.573. The SMILES string of the molecule is O=C(CSCc1ccc(Br)cc1)NCCc1ccc(F)cc1. The summed E-state index contributed by atoms with van der Waals surface area (Å²) in [5, 5.41) is 2.88. The molecule has 22 heavy (non-hydrogen) atoms. The minimum atomic E-state index is -0.239. The Bertz CT molecular complexity index is 548. The van der Waals surface area contributed by atoms with Crippen molar-refractivity contribution in [1.82, 2.24) is 5.32 Å². The lowest BCUT2D eigenvalue weighted by atomic mass is 10.1. The van der Waals surface area contributed by atoms with E-state index >= 15 is 0 Å². The van der Waals surface area contributed by atoms with Crippen LogP contribution in [-0.2, 0) is 17.0 Å². The topological polar surface area (TPSA) is 29.1 Å². The summed E-state index contributed by atoms with van der Waals surface area (Å²) in [6, 6.07) is 14.4. The van der Waals surface area contributed by atoms with E-state index in [1.807, 2.05) is 24.3 Å². The van der Waals surface area contributed by atoms with Crippen LogP contribution in [0.1, 0.15) is 11.1 Å². The maximum absolute atomic E-state index is 12.8. The molecule has 0 aliphatic carbocycles. The first-order valence-corrected chi connectivity index (χ1v) is 8.91. The zero-order chi connectivity index (χ0) is 15.8. The van der Waals surface area contributed by atoms with Crippen LogP contribution in [0.25, 0.3) is 0 Å². The van der Waals surface area contributed by atoms with Gasteiger partial charge in [-0.05, 0) is 41.8 Å². The van der Waals surface area contributed by atoms with Crippen LogP contribution in [0.4, 0.5) is 4.39 Å². The van der Waals surface area contributed by atoms with E-state index in [2.05, 4.69) is 21.2 Å². The summed E-state index contributed by atoms with van der Waals surface area (Å²) in [7, 11) is 0. The predicted molar refractivity (Wildman–Crippen MR) is 93.4 cm³/mol. The fraction of sp³-hybridized carbons (Fsp3) is 0.235. The van der Waals surface area contributed by atoms with Crippen molar-refractivity contribution in [2.24, 2.45) is 0 Å². The van der Waals surface area contributed by atoms with E-state index in [4.69, 9.17) is 0 Å². The fourth-order valence-corrected chi connectivity index (χ4v) is 2.97. The van der Waals surface area contributed by atoms with Crippen molar-refractivity contribution in [3.05, 3.63) is 69.9 Å². The smallest absolute Gasteiger partial charge is 0.230 e. The number of carbonyl (C=O) groups excluding carboxylic acids is 1. The average Bonchev–Trinajstić information content (AvgIpc) is 2.51. The molecule has 0 radical (unpaired) electrons. The van der Waals surface area contributed by atoms with Crippen molar-refractivity contribution in [3.63, 3.8) is 0 Å². The maximum atomic E-state index is 12.8. The Morgan fingerprint density at radius 3 is 2.36 bits per heavy atom. The molecule has 2 aromatic rings. The van der Waals surface area contributed by atoms with Gasteiger partial charge in [-0.3, -0.25) is 4.79 Å². The molecule has 0 spiro atoms. The first-order valence-electron chi connectivity index (χ1n) is 6.97. The highest BCUT2D eigenvalue weighted by Crippen LogP contribution is 2.15. The molecule has 116 valence electrons. The Kier molecular flexibility index (Phi) is 6.93. The second-order valence-electron chi connectivity index (χ2n) is 4.85. The highest BCUT2D eigenvalue weighted by atomic mass is 79.9. The molecule has 5 heteroatoms. The molecule has 1 amide bonds. The molecule has 0 saturated heterocycles. The van der Waals surface area contributed by atoms with Gasteiger partial charge in [-0.15, -0.1) is 11.8 Å². The predicted octanol–water partition coefficient (Wildman–Crippen LogP) is 4.18. The van der Waals surface area contributed by atoms with E-state index in [1.165, 1.54) is 17.7 Å². The molecule has 2 rings (SSSR count). The summed E-state index contributed by atoms with van der Waals surface area (Å²) >= 11 is 4.99. The van der Waals surface area contributed by atoms with Crippen molar-refractivity contribution < 1.29 is 9.18 Å². The Labute approximate surface area is 142 Å². The monoisotopic (exact) mass is 381 g/mol. The van der Waals surface area contributed by atoms with E-state index in [-0.39, 0.29) is 11.7 Å². The fourth-order valence-electron chi connectivity index (χ4n) is 1.89. The van der Waals surface area contributed by atoms with Gasteiger partial charge in [0.2, 0.25) is 5.91 Å². The molecule has 0 aliphatic rings. The van der Waals surface area contributed by atoms with Crippen molar-refractivity contribution in [1.29, 1.82) is 0 Å². The number of halogens is 2. The molecular weight excluding hydrogens is 365 g/mol. The molecule has 0 fully saturated rings.